The van der Waals surface area contributed by atoms with Crippen LogP contribution in [-0.2, 0) is 4.79 Å². The van der Waals surface area contributed by atoms with Gasteiger partial charge in [-0.25, -0.2) is 0 Å². The van der Waals surface area contributed by atoms with E-state index in [1.54, 1.807) is 11.3 Å². The molecule has 2 heterocycles. The maximum atomic E-state index is 12.3. The first kappa shape index (κ1) is 18.9. The molecule has 1 aliphatic heterocycles. The monoisotopic (exact) mass is 372 g/mol. The third-order valence-corrected chi connectivity index (χ3v) is 5.73. The highest BCUT2D eigenvalue weighted by Gasteiger charge is 2.23. The Kier molecular flexibility index (Phi) is 6.69. The number of carbonyl (C=O) groups excluding carboxylic acids is 1. The lowest BCUT2D eigenvalue weighted by Gasteiger charge is -2.34. The second kappa shape index (κ2) is 9.19. The Labute approximate surface area is 160 Å². The summed E-state index contributed by atoms with van der Waals surface area (Å²) >= 11 is 1.77. The predicted octanol–water partition coefficient (Wildman–Crippen LogP) is 4.09. The molecule has 0 spiro atoms. The van der Waals surface area contributed by atoms with E-state index in [1.165, 1.54) is 24.1 Å². The molecule has 1 aromatic carbocycles. The molecule has 0 bridgehead atoms. The summed E-state index contributed by atoms with van der Waals surface area (Å²) in [7, 11) is 0. The second-order valence-corrected chi connectivity index (χ2v) is 8.02. The van der Waals surface area contributed by atoms with Crippen LogP contribution in [0.4, 0.5) is 0 Å². The van der Waals surface area contributed by atoms with Crippen LogP contribution in [-0.4, -0.2) is 37.0 Å². The van der Waals surface area contributed by atoms with Crippen LogP contribution in [0.15, 0.2) is 35.7 Å². The van der Waals surface area contributed by atoms with E-state index in [9.17, 15) is 4.79 Å². The Morgan fingerprint density at radius 1 is 1.19 bits per heavy atom. The molecule has 140 valence electrons. The first-order chi connectivity index (χ1) is 12.6. The average molecular weight is 373 g/mol. The number of carbonyl (C=O) groups is 1. The summed E-state index contributed by atoms with van der Waals surface area (Å²) in [6, 6.07) is 10.5. The summed E-state index contributed by atoms with van der Waals surface area (Å²) in [5.74, 6) is 0.686. The van der Waals surface area contributed by atoms with Gasteiger partial charge < -0.3 is 10.1 Å². The van der Waals surface area contributed by atoms with Crippen molar-refractivity contribution in [1.82, 2.24) is 10.2 Å². The largest absolute Gasteiger partial charge is 0.484 e. The number of aryl methyl sites for hydroxylation is 2. The highest BCUT2D eigenvalue weighted by molar-refractivity contribution is 7.10. The van der Waals surface area contributed by atoms with E-state index in [0.29, 0.717) is 6.54 Å². The number of likely N-dealkylation sites (tertiary alicyclic amines) is 1. The Balaban J connectivity index is 1.53. The number of piperidine rings is 1. The standard InChI is InChI=1S/C21H28N2O2S/c1-16-11-17(2)13-18(12-16)25-15-21(24)22-14-19(20-7-6-10-26-20)23-8-4-3-5-9-23/h6-7,10-13,19H,3-5,8-9,14-15H2,1-2H3,(H,22,24)/t19-/m1/s1. The molecule has 4 nitrogen and oxygen atoms in total. The van der Waals surface area contributed by atoms with Gasteiger partial charge in [0.2, 0.25) is 0 Å². The summed E-state index contributed by atoms with van der Waals surface area (Å²) in [6.45, 7) is 6.97. The maximum Gasteiger partial charge on any atom is 0.258 e. The molecule has 1 fully saturated rings. The van der Waals surface area contributed by atoms with Gasteiger partial charge in [-0.05, 0) is 74.5 Å². The van der Waals surface area contributed by atoms with Gasteiger partial charge in [0.1, 0.15) is 5.75 Å². The predicted molar refractivity (Wildman–Crippen MR) is 107 cm³/mol. The Morgan fingerprint density at radius 3 is 2.58 bits per heavy atom. The molecule has 1 atom stereocenters. The molecule has 0 radical (unpaired) electrons. The van der Waals surface area contributed by atoms with Crippen molar-refractivity contribution in [3.8, 4) is 5.75 Å². The molecule has 1 amide bonds. The lowest BCUT2D eigenvalue weighted by atomic mass is 10.1. The van der Waals surface area contributed by atoms with E-state index in [2.05, 4.69) is 33.8 Å². The molecule has 1 aliphatic rings. The summed E-state index contributed by atoms with van der Waals surface area (Å²) in [4.78, 5) is 16.1. The van der Waals surface area contributed by atoms with Crippen molar-refractivity contribution < 1.29 is 9.53 Å². The number of amides is 1. The van der Waals surface area contributed by atoms with Crippen molar-refractivity contribution in [1.29, 1.82) is 0 Å². The van der Waals surface area contributed by atoms with Crippen molar-refractivity contribution >= 4 is 17.2 Å². The zero-order chi connectivity index (χ0) is 18.4. The SMILES string of the molecule is Cc1cc(C)cc(OCC(=O)NC[C@H](c2cccs2)N2CCCCC2)c1. The molecule has 1 N–H and O–H groups in total. The number of hydrogen-bond acceptors (Lipinski definition) is 4. The van der Waals surface area contributed by atoms with Crippen LogP contribution in [0.5, 0.6) is 5.75 Å². The minimum Gasteiger partial charge on any atom is -0.484 e. The highest BCUT2D eigenvalue weighted by Crippen LogP contribution is 2.27. The normalized spacial score (nSPS) is 16.2. The van der Waals surface area contributed by atoms with Crippen LogP contribution in [0, 0.1) is 13.8 Å². The average Bonchev–Trinajstić information content (AvgIpc) is 3.15. The molecule has 0 saturated carbocycles. The van der Waals surface area contributed by atoms with Gasteiger partial charge in [-0.3, -0.25) is 9.69 Å². The number of ether oxygens (including phenoxy) is 1. The van der Waals surface area contributed by atoms with E-state index in [4.69, 9.17) is 4.74 Å². The first-order valence-corrected chi connectivity index (χ1v) is 10.2. The summed E-state index contributed by atoms with van der Waals surface area (Å²) in [6.07, 6.45) is 3.79. The zero-order valence-electron chi connectivity index (χ0n) is 15.7. The Morgan fingerprint density at radius 2 is 1.92 bits per heavy atom. The van der Waals surface area contributed by atoms with Crippen molar-refractivity contribution in [2.45, 2.75) is 39.2 Å². The van der Waals surface area contributed by atoms with Crippen molar-refractivity contribution in [3.63, 3.8) is 0 Å². The van der Waals surface area contributed by atoms with Crippen LogP contribution in [0.1, 0.15) is 41.3 Å². The van der Waals surface area contributed by atoms with Crippen LogP contribution >= 0.6 is 11.3 Å². The van der Waals surface area contributed by atoms with Crippen LogP contribution in [0.2, 0.25) is 0 Å². The number of nitrogens with one attached hydrogen (secondary N) is 1. The van der Waals surface area contributed by atoms with Crippen LogP contribution in [0.25, 0.3) is 0 Å². The molecule has 3 rings (SSSR count). The number of thiophene rings is 1. The molecule has 5 heteroatoms. The van der Waals surface area contributed by atoms with Gasteiger partial charge in [-0.1, -0.05) is 18.6 Å². The quantitative estimate of drug-likeness (QED) is 0.796. The van der Waals surface area contributed by atoms with E-state index in [0.717, 1.165) is 30.0 Å². The summed E-state index contributed by atoms with van der Waals surface area (Å²) in [5.41, 5.74) is 2.28. The minimum absolute atomic E-state index is 0.0556. The van der Waals surface area contributed by atoms with Gasteiger partial charge in [0, 0.05) is 11.4 Å². The smallest absolute Gasteiger partial charge is 0.258 e. The summed E-state index contributed by atoms with van der Waals surface area (Å²) in [5, 5.41) is 5.18. The van der Waals surface area contributed by atoms with E-state index in [1.807, 2.05) is 26.0 Å². The zero-order valence-corrected chi connectivity index (χ0v) is 16.5. The molecular weight excluding hydrogens is 344 g/mol. The summed E-state index contributed by atoms with van der Waals surface area (Å²) < 4.78 is 5.67. The highest BCUT2D eigenvalue weighted by atomic mass is 32.1. The van der Waals surface area contributed by atoms with Gasteiger partial charge in [0.25, 0.3) is 5.91 Å². The molecule has 1 aromatic heterocycles. The maximum absolute atomic E-state index is 12.3. The Hall–Kier alpha value is -1.85. The van der Waals surface area contributed by atoms with Gasteiger partial charge in [0.05, 0.1) is 6.04 Å². The first-order valence-electron chi connectivity index (χ1n) is 9.37. The van der Waals surface area contributed by atoms with Gasteiger partial charge in [0.15, 0.2) is 6.61 Å². The molecular formula is C21H28N2O2S. The minimum atomic E-state index is -0.0669. The van der Waals surface area contributed by atoms with Crippen molar-refractivity contribution in [2.24, 2.45) is 0 Å². The fourth-order valence-corrected chi connectivity index (χ4v) is 4.41. The van der Waals surface area contributed by atoms with Crippen molar-refractivity contribution in [3.05, 3.63) is 51.7 Å². The molecule has 2 aromatic rings. The van der Waals surface area contributed by atoms with E-state index in [-0.39, 0.29) is 18.6 Å². The van der Waals surface area contributed by atoms with Crippen LogP contribution in [0.3, 0.4) is 0 Å². The lowest BCUT2D eigenvalue weighted by molar-refractivity contribution is -0.123. The fourth-order valence-electron chi connectivity index (χ4n) is 3.55. The van der Waals surface area contributed by atoms with Gasteiger partial charge in [-0.2, -0.15) is 0 Å². The van der Waals surface area contributed by atoms with E-state index >= 15 is 0 Å². The number of nitrogens with zero attached hydrogens (tertiary/aromatic N) is 1. The lowest BCUT2D eigenvalue weighted by Crippen LogP contribution is -2.41. The topological polar surface area (TPSA) is 41.6 Å². The van der Waals surface area contributed by atoms with Gasteiger partial charge in [-0.15, -0.1) is 11.3 Å². The number of rotatable bonds is 7. The second-order valence-electron chi connectivity index (χ2n) is 7.04. The number of hydrogen-bond donors (Lipinski definition) is 1. The molecule has 0 aliphatic carbocycles. The third kappa shape index (κ3) is 5.32. The van der Waals surface area contributed by atoms with Crippen LogP contribution < -0.4 is 10.1 Å². The van der Waals surface area contributed by atoms with Crippen molar-refractivity contribution in [2.75, 3.05) is 26.2 Å². The Bertz CT molecular complexity index is 689. The molecule has 26 heavy (non-hydrogen) atoms. The number of benzene rings is 1. The molecule has 0 unspecified atom stereocenters. The van der Waals surface area contributed by atoms with Gasteiger partial charge >= 0.3 is 0 Å². The van der Waals surface area contributed by atoms with E-state index < -0.39 is 0 Å². The fraction of sp³-hybridized carbons (Fsp3) is 0.476. The molecule has 1 saturated heterocycles. The third-order valence-electron chi connectivity index (χ3n) is 4.76.